The maximum Gasteiger partial charge on any atom is 0.416 e. The Hall–Kier alpha value is -3.96. The van der Waals surface area contributed by atoms with Crippen LogP contribution in [0.25, 0.3) is 10.9 Å². The number of benzene rings is 1. The van der Waals surface area contributed by atoms with Gasteiger partial charge in [0, 0.05) is 25.0 Å². The second kappa shape index (κ2) is 7.32. The summed E-state index contributed by atoms with van der Waals surface area (Å²) < 4.78 is 40.6. The van der Waals surface area contributed by atoms with Gasteiger partial charge in [-0.05, 0) is 37.3 Å². The number of alkyl halides is 3. The highest BCUT2D eigenvalue weighted by molar-refractivity contribution is 5.90. The van der Waals surface area contributed by atoms with Crippen LogP contribution in [0.3, 0.4) is 0 Å². The molecule has 0 atom stereocenters. The summed E-state index contributed by atoms with van der Waals surface area (Å²) in [5, 5.41) is 11.5. The average molecular weight is 442 g/mol. The maximum absolute atomic E-state index is 12.9. The lowest BCUT2D eigenvalue weighted by molar-refractivity contribution is -0.137. The van der Waals surface area contributed by atoms with Crippen molar-refractivity contribution >= 4 is 28.4 Å². The standard InChI is InChI=1S/C20H17F3N8O/c1-11-28-29-15-10-30(8-9-31(11)15)19-26-14-6-7-24-18(32)16(14)17(27-19)25-13-4-2-12(3-5-13)20(21,22)23/h2-7H,8-10H2,1H3,(H,24,32)(H,25,26,27). The van der Waals surface area contributed by atoms with Crippen molar-refractivity contribution in [1.82, 2.24) is 29.7 Å². The number of aryl methyl sites for hydroxylation is 1. The number of rotatable bonds is 3. The van der Waals surface area contributed by atoms with Crippen LogP contribution in [-0.2, 0) is 19.3 Å². The molecule has 5 rings (SSSR count). The second-order valence-corrected chi connectivity index (χ2v) is 7.38. The molecule has 4 aromatic rings. The highest BCUT2D eigenvalue weighted by Gasteiger charge is 2.30. The van der Waals surface area contributed by atoms with Crippen molar-refractivity contribution in [3.63, 3.8) is 0 Å². The van der Waals surface area contributed by atoms with Gasteiger partial charge in [-0.25, -0.2) is 4.98 Å². The van der Waals surface area contributed by atoms with E-state index in [-0.39, 0.29) is 11.2 Å². The molecule has 9 nitrogen and oxygen atoms in total. The summed E-state index contributed by atoms with van der Waals surface area (Å²) in [6, 6.07) is 6.17. The Morgan fingerprint density at radius 2 is 1.84 bits per heavy atom. The van der Waals surface area contributed by atoms with Gasteiger partial charge in [-0.2, -0.15) is 18.2 Å². The minimum Gasteiger partial charge on any atom is -0.339 e. The number of aromatic nitrogens is 6. The number of H-pyrrole nitrogens is 1. The third-order valence-electron chi connectivity index (χ3n) is 5.30. The number of hydrogen-bond donors (Lipinski definition) is 2. The lowest BCUT2D eigenvalue weighted by Gasteiger charge is -2.28. The molecule has 0 radical (unpaired) electrons. The van der Waals surface area contributed by atoms with Crippen molar-refractivity contribution in [1.29, 1.82) is 0 Å². The van der Waals surface area contributed by atoms with Crippen molar-refractivity contribution in [2.45, 2.75) is 26.2 Å². The molecule has 164 valence electrons. The van der Waals surface area contributed by atoms with E-state index in [1.165, 1.54) is 18.3 Å². The molecular formula is C20H17F3N8O. The fraction of sp³-hybridized carbons (Fsp3) is 0.250. The van der Waals surface area contributed by atoms with E-state index in [4.69, 9.17) is 0 Å². The van der Waals surface area contributed by atoms with E-state index >= 15 is 0 Å². The molecule has 1 aromatic carbocycles. The minimum absolute atomic E-state index is 0.204. The molecule has 2 N–H and O–H groups in total. The Morgan fingerprint density at radius 3 is 2.59 bits per heavy atom. The fourth-order valence-corrected chi connectivity index (χ4v) is 3.66. The number of hydrogen-bond acceptors (Lipinski definition) is 7. The van der Waals surface area contributed by atoms with Gasteiger partial charge in [0.05, 0.1) is 17.6 Å². The molecule has 1 aliphatic rings. The highest BCUT2D eigenvalue weighted by Crippen LogP contribution is 2.31. The molecule has 32 heavy (non-hydrogen) atoms. The topological polar surface area (TPSA) is 105 Å². The Bertz CT molecular complexity index is 1360. The Morgan fingerprint density at radius 1 is 1.06 bits per heavy atom. The first-order valence-electron chi connectivity index (χ1n) is 9.77. The number of aromatic amines is 1. The zero-order chi connectivity index (χ0) is 22.5. The van der Waals surface area contributed by atoms with Crippen molar-refractivity contribution < 1.29 is 13.2 Å². The van der Waals surface area contributed by atoms with Gasteiger partial charge in [-0.15, -0.1) is 10.2 Å². The van der Waals surface area contributed by atoms with Gasteiger partial charge >= 0.3 is 6.18 Å². The summed E-state index contributed by atoms with van der Waals surface area (Å²) in [5.74, 6) is 2.19. The van der Waals surface area contributed by atoms with E-state index in [1.807, 2.05) is 16.4 Å². The van der Waals surface area contributed by atoms with E-state index in [0.717, 1.165) is 23.8 Å². The van der Waals surface area contributed by atoms with Gasteiger partial charge in [0.2, 0.25) is 5.95 Å². The quantitative estimate of drug-likeness (QED) is 0.503. The molecular weight excluding hydrogens is 425 g/mol. The molecule has 0 fully saturated rings. The maximum atomic E-state index is 12.9. The van der Waals surface area contributed by atoms with Crippen LogP contribution in [0.1, 0.15) is 17.2 Å². The Balaban J connectivity index is 1.54. The number of nitrogens with zero attached hydrogens (tertiary/aromatic N) is 6. The number of anilines is 3. The molecule has 0 saturated heterocycles. The summed E-state index contributed by atoms with van der Waals surface area (Å²) in [4.78, 5) is 26.0. The van der Waals surface area contributed by atoms with Crippen LogP contribution in [0.2, 0.25) is 0 Å². The molecule has 0 spiro atoms. The fourth-order valence-electron chi connectivity index (χ4n) is 3.66. The van der Waals surface area contributed by atoms with Crippen LogP contribution in [0.4, 0.5) is 30.6 Å². The molecule has 0 aliphatic carbocycles. The summed E-state index contributed by atoms with van der Waals surface area (Å²) in [7, 11) is 0. The van der Waals surface area contributed by atoms with Crippen LogP contribution in [-0.4, -0.2) is 36.3 Å². The first-order valence-corrected chi connectivity index (χ1v) is 9.77. The van der Waals surface area contributed by atoms with Crippen LogP contribution in [0.5, 0.6) is 0 Å². The monoisotopic (exact) mass is 442 g/mol. The second-order valence-electron chi connectivity index (χ2n) is 7.38. The summed E-state index contributed by atoms with van der Waals surface area (Å²) in [5.41, 5.74) is -0.392. The van der Waals surface area contributed by atoms with Crippen LogP contribution < -0.4 is 15.8 Å². The van der Waals surface area contributed by atoms with Gasteiger partial charge in [-0.3, -0.25) is 4.79 Å². The van der Waals surface area contributed by atoms with Gasteiger partial charge in [0.1, 0.15) is 17.0 Å². The first kappa shape index (κ1) is 20.0. The predicted octanol–water partition coefficient (Wildman–Crippen LogP) is 3.00. The molecule has 0 saturated carbocycles. The van der Waals surface area contributed by atoms with Crippen molar-refractivity contribution in [3.8, 4) is 0 Å². The summed E-state index contributed by atoms with van der Waals surface area (Å²) in [6.45, 7) is 3.60. The molecule has 0 unspecified atom stereocenters. The zero-order valence-electron chi connectivity index (χ0n) is 16.8. The average Bonchev–Trinajstić information content (AvgIpc) is 3.13. The number of nitrogens with one attached hydrogen (secondary N) is 2. The summed E-state index contributed by atoms with van der Waals surface area (Å²) >= 11 is 0. The van der Waals surface area contributed by atoms with E-state index in [2.05, 4.69) is 30.5 Å². The largest absolute Gasteiger partial charge is 0.416 e. The molecule has 3 aromatic heterocycles. The molecule has 4 heterocycles. The van der Waals surface area contributed by atoms with E-state index < -0.39 is 17.3 Å². The lowest BCUT2D eigenvalue weighted by atomic mass is 10.2. The smallest absolute Gasteiger partial charge is 0.339 e. The van der Waals surface area contributed by atoms with Crippen molar-refractivity contribution in [3.05, 3.63) is 64.1 Å². The van der Waals surface area contributed by atoms with Gasteiger partial charge in [0.25, 0.3) is 5.56 Å². The van der Waals surface area contributed by atoms with Gasteiger partial charge < -0.3 is 19.8 Å². The van der Waals surface area contributed by atoms with Crippen LogP contribution >= 0.6 is 0 Å². The van der Waals surface area contributed by atoms with Crippen molar-refractivity contribution in [2.24, 2.45) is 0 Å². The van der Waals surface area contributed by atoms with Crippen molar-refractivity contribution in [2.75, 3.05) is 16.8 Å². The predicted molar refractivity (Wildman–Crippen MR) is 111 cm³/mol. The SMILES string of the molecule is Cc1nnc2n1CCN(c1nc(Nc3ccc(C(F)(F)F)cc3)c3c(=O)[nH]ccc3n1)C2. The molecule has 0 amide bonds. The first-order chi connectivity index (χ1) is 15.3. The van der Waals surface area contributed by atoms with Gasteiger partial charge in [-0.1, -0.05) is 0 Å². The van der Waals surface area contributed by atoms with E-state index in [1.54, 1.807) is 6.07 Å². The third-order valence-corrected chi connectivity index (χ3v) is 5.30. The zero-order valence-corrected chi connectivity index (χ0v) is 16.8. The van der Waals surface area contributed by atoms with Crippen LogP contribution in [0.15, 0.2) is 41.3 Å². The Labute approximate surface area is 178 Å². The van der Waals surface area contributed by atoms with E-state index in [0.29, 0.717) is 36.8 Å². The molecule has 0 bridgehead atoms. The molecule has 12 heteroatoms. The highest BCUT2D eigenvalue weighted by atomic mass is 19.4. The van der Waals surface area contributed by atoms with Crippen LogP contribution in [0, 0.1) is 6.92 Å². The Kier molecular flexibility index (Phi) is 4.57. The number of fused-ring (bicyclic) bond motifs is 2. The van der Waals surface area contributed by atoms with Gasteiger partial charge in [0.15, 0.2) is 5.82 Å². The number of pyridine rings is 1. The lowest BCUT2D eigenvalue weighted by Crippen LogP contribution is -2.35. The van der Waals surface area contributed by atoms with E-state index in [9.17, 15) is 18.0 Å². The minimum atomic E-state index is -4.43. The number of halogens is 3. The third kappa shape index (κ3) is 3.53. The normalized spacial score (nSPS) is 13.9. The molecule has 1 aliphatic heterocycles. The summed E-state index contributed by atoms with van der Waals surface area (Å²) in [6.07, 6.45) is -2.95.